The van der Waals surface area contributed by atoms with Crippen LogP contribution >= 0.6 is 0 Å². The molecule has 0 unspecified atom stereocenters. The molecule has 0 saturated heterocycles. The van der Waals surface area contributed by atoms with E-state index in [1.165, 1.54) is 17.3 Å². The van der Waals surface area contributed by atoms with Crippen LogP contribution in [-0.2, 0) is 11.3 Å². The number of aromatic nitrogens is 3. The van der Waals surface area contributed by atoms with Gasteiger partial charge in [-0.2, -0.15) is 18.3 Å². The highest BCUT2D eigenvalue weighted by Gasteiger charge is 2.27. The van der Waals surface area contributed by atoms with E-state index < -0.39 is 12.8 Å². The maximum atomic E-state index is 11.6. The average molecular weight is 195 g/mol. The molecule has 0 aliphatic carbocycles. The molecule has 1 aromatic rings. The summed E-state index contributed by atoms with van der Waals surface area (Å²) in [6, 6.07) is 0. The zero-order valence-corrected chi connectivity index (χ0v) is 6.66. The monoisotopic (exact) mass is 195 g/mol. The van der Waals surface area contributed by atoms with Crippen LogP contribution in [0.2, 0.25) is 0 Å². The lowest BCUT2D eigenvalue weighted by Gasteiger charge is -2.06. The second-order valence-electron chi connectivity index (χ2n) is 2.33. The van der Waals surface area contributed by atoms with Crippen molar-refractivity contribution in [3.05, 3.63) is 12.7 Å². The lowest BCUT2D eigenvalue weighted by Crippen LogP contribution is -2.19. The van der Waals surface area contributed by atoms with E-state index in [0.29, 0.717) is 0 Å². The van der Waals surface area contributed by atoms with E-state index in [9.17, 15) is 13.2 Å². The topological polar surface area (TPSA) is 39.9 Å². The fourth-order valence-electron chi connectivity index (χ4n) is 0.694. The fraction of sp³-hybridized carbons (Fsp3) is 0.667. The van der Waals surface area contributed by atoms with Crippen molar-refractivity contribution in [2.75, 3.05) is 13.2 Å². The fourth-order valence-corrected chi connectivity index (χ4v) is 0.694. The van der Waals surface area contributed by atoms with Crippen LogP contribution in [0.3, 0.4) is 0 Å². The highest BCUT2D eigenvalue weighted by molar-refractivity contribution is 4.55. The van der Waals surface area contributed by atoms with E-state index in [0.717, 1.165) is 0 Å². The largest absolute Gasteiger partial charge is 0.411 e. The molecule has 7 heteroatoms. The lowest BCUT2D eigenvalue weighted by atomic mass is 10.6. The van der Waals surface area contributed by atoms with Gasteiger partial charge >= 0.3 is 6.18 Å². The highest BCUT2D eigenvalue weighted by atomic mass is 19.4. The summed E-state index contributed by atoms with van der Waals surface area (Å²) < 4.78 is 40.4. The van der Waals surface area contributed by atoms with Gasteiger partial charge in [0.15, 0.2) is 0 Å². The SMILES string of the molecule is FC(F)(F)COCCn1cncn1. The van der Waals surface area contributed by atoms with Crippen LogP contribution in [0, 0.1) is 0 Å². The molecule has 0 atom stereocenters. The van der Waals surface area contributed by atoms with Crippen LogP contribution in [0.15, 0.2) is 12.7 Å². The van der Waals surface area contributed by atoms with E-state index >= 15 is 0 Å². The zero-order valence-electron chi connectivity index (χ0n) is 6.66. The molecule has 0 spiro atoms. The molecule has 0 saturated carbocycles. The van der Waals surface area contributed by atoms with Gasteiger partial charge in [-0.15, -0.1) is 0 Å². The molecule has 74 valence electrons. The van der Waals surface area contributed by atoms with E-state index in [-0.39, 0.29) is 13.2 Å². The smallest absolute Gasteiger partial charge is 0.370 e. The Morgan fingerprint density at radius 1 is 1.38 bits per heavy atom. The molecule has 0 amide bonds. The summed E-state index contributed by atoms with van der Waals surface area (Å²) in [5.41, 5.74) is 0. The third kappa shape index (κ3) is 4.46. The number of hydrogen-bond donors (Lipinski definition) is 0. The van der Waals surface area contributed by atoms with Crippen molar-refractivity contribution >= 4 is 0 Å². The second kappa shape index (κ2) is 4.22. The molecule has 4 nitrogen and oxygen atoms in total. The van der Waals surface area contributed by atoms with Gasteiger partial charge in [-0.05, 0) is 0 Å². The van der Waals surface area contributed by atoms with Crippen LogP contribution in [0.5, 0.6) is 0 Å². The number of rotatable bonds is 4. The van der Waals surface area contributed by atoms with Gasteiger partial charge < -0.3 is 4.74 Å². The summed E-state index contributed by atoms with van der Waals surface area (Å²) in [6.45, 7) is -0.972. The van der Waals surface area contributed by atoms with Crippen molar-refractivity contribution in [2.24, 2.45) is 0 Å². The summed E-state index contributed by atoms with van der Waals surface area (Å²) in [4.78, 5) is 3.62. The second-order valence-corrected chi connectivity index (χ2v) is 2.33. The number of alkyl halides is 3. The molecule has 1 rings (SSSR count). The van der Waals surface area contributed by atoms with Gasteiger partial charge in [0.05, 0.1) is 13.2 Å². The molecule has 0 aromatic carbocycles. The van der Waals surface area contributed by atoms with Crippen molar-refractivity contribution in [2.45, 2.75) is 12.7 Å². The lowest BCUT2D eigenvalue weighted by molar-refractivity contribution is -0.174. The minimum Gasteiger partial charge on any atom is -0.370 e. The molecular weight excluding hydrogens is 187 g/mol. The summed E-state index contributed by atoms with van der Waals surface area (Å²) in [5.74, 6) is 0. The van der Waals surface area contributed by atoms with Crippen molar-refractivity contribution < 1.29 is 17.9 Å². The summed E-state index contributed by atoms with van der Waals surface area (Å²) in [6.07, 6.45) is -1.54. The van der Waals surface area contributed by atoms with Gasteiger partial charge in [-0.3, -0.25) is 4.68 Å². The molecule has 0 N–H and O–H groups in total. The Bertz CT molecular complexity index is 234. The highest BCUT2D eigenvalue weighted by Crippen LogP contribution is 2.14. The molecule has 1 heterocycles. The molecule has 0 fully saturated rings. The molecule has 0 radical (unpaired) electrons. The molecule has 0 aliphatic heterocycles. The number of halogens is 3. The van der Waals surface area contributed by atoms with Crippen LogP contribution in [0.25, 0.3) is 0 Å². The summed E-state index contributed by atoms with van der Waals surface area (Å²) >= 11 is 0. The zero-order chi connectivity index (χ0) is 9.73. The number of ether oxygens (including phenoxy) is 1. The van der Waals surface area contributed by atoms with Crippen molar-refractivity contribution in [3.63, 3.8) is 0 Å². The number of hydrogen-bond acceptors (Lipinski definition) is 3. The van der Waals surface area contributed by atoms with Gasteiger partial charge in [-0.1, -0.05) is 0 Å². The van der Waals surface area contributed by atoms with E-state index in [4.69, 9.17) is 0 Å². The maximum absolute atomic E-state index is 11.6. The first kappa shape index (κ1) is 9.97. The van der Waals surface area contributed by atoms with Crippen molar-refractivity contribution in [3.8, 4) is 0 Å². The van der Waals surface area contributed by atoms with Gasteiger partial charge in [0.2, 0.25) is 0 Å². The minimum atomic E-state index is -4.26. The molecule has 0 bridgehead atoms. The van der Waals surface area contributed by atoms with E-state index in [2.05, 4.69) is 14.8 Å². The van der Waals surface area contributed by atoms with Gasteiger partial charge in [0.1, 0.15) is 19.3 Å². The van der Waals surface area contributed by atoms with E-state index in [1.807, 2.05) is 0 Å². The average Bonchev–Trinajstić information content (AvgIpc) is 2.48. The third-order valence-corrected chi connectivity index (χ3v) is 1.20. The molecular formula is C6H8F3N3O. The number of nitrogens with zero attached hydrogens (tertiary/aromatic N) is 3. The quantitative estimate of drug-likeness (QED) is 0.669. The standard InChI is InChI=1S/C6H8F3N3O/c7-6(8,9)3-13-2-1-12-5-10-4-11-12/h4-5H,1-3H2. The molecule has 0 aliphatic rings. The van der Waals surface area contributed by atoms with Crippen molar-refractivity contribution in [1.82, 2.24) is 14.8 Å². The first-order valence-corrected chi connectivity index (χ1v) is 3.55. The Morgan fingerprint density at radius 3 is 2.69 bits per heavy atom. The first-order valence-electron chi connectivity index (χ1n) is 3.55. The Balaban J connectivity index is 2.09. The predicted octanol–water partition coefficient (Wildman–Crippen LogP) is 0.857. The minimum absolute atomic E-state index is 0.0249. The van der Waals surface area contributed by atoms with Crippen LogP contribution in [0.4, 0.5) is 13.2 Å². The Morgan fingerprint density at radius 2 is 2.15 bits per heavy atom. The first-order chi connectivity index (χ1) is 6.08. The van der Waals surface area contributed by atoms with Gasteiger partial charge in [0.25, 0.3) is 0 Å². The van der Waals surface area contributed by atoms with Crippen molar-refractivity contribution in [1.29, 1.82) is 0 Å². The van der Waals surface area contributed by atoms with Gasteiger partial charge in [-0.25, -0.2) is 4.98 Å². The van der Waals surface area contributed by atoms with E-state index in [1.54, 1.807) is 0 Å². The predicted molar refractivity (Wildman–Crippen MR) is 36.9 cm³/mol. The Kier molecular flexibility index (Phi) is 3.24. The molecule has 1 aromatic heterocycles. The third-order valence-electron chi connectivity index (χ3n) is 1.20. The maximum Gasteiger partial charge on any atom is 0.411 e. The summed E-state index contributed by atoms with van der Waals surface area (Å²) in [5, 5.41) is 3.69. The Hall–Kier alpha value is -1.11. The normalized spacial score (nSPS) is 11.9. The van der Waals surface area contributed by atoms with Crippen LogP contribution in [-0.4, -0.2) is 34.2 Å². The van der Waals surface area contributed by atoms with Gasteiger partial charge in [0, 0.05) is 0 Å². The van der Waals surface area contributed by atoms with Crippen LogP contribution < -0.4 is 0 Å². The Labute approximate surface area is 72.3 Å². The summed E-state index contributed by atoms with van der Waals surface area (Å²) in [7, 11) is 0. The van der Waals surface area contributed by atoms with Crippen LogP contribution in [0.1, 0.15) is 0 Å². The molecule has 13 heavy (non-hydrogen) atoms.